The molecular weight excluding hydrogens is 228 g/mol. The summed E-state index contributed by atoms with van der Waals surface area (Å²) in [5, 5.41) is 0.433. The summed E-state index contributed by atoms with van der Waals surface area (Å²) < 4.78 is 5.44. The molecule has 1 unspecified atom stereocenters. The Morgan fingerprint density at radius 3 is 3.19 bits per heavy atom. The van der Waals surface area contributed by atoms with Crippen molar-refractivity contribution in [2.24, 2.45) is 0 Å². The molecule has 1 aliphatic rings. The number of anilines is 2. The van der Waals surface area contributed by atoms with Gasteiger partial charge < -0.3 is 15.4 Å². The molecule has 1 aromatic rings. The minimum absolute atomic E-state index is 0.306. The summed E-state index contributed by atoms with van der Waals surface area (Å²) in [6.07, 6.45) is 2.43. The van der Waals surface area contributed by atoms with Crippen LogP contribution in [0.3, 0.4) is 0 Å². The summed E-state index contributed by atoms with van der Waals surface area (Å²) in [5.74, 6) is 1.04. The molecule has 5 nitrogen and oxygen atoms in total. The molecule has 0 bridgehead atoms. The first-order valence-corrected chi connectivity index (χ1v) is 5.72. The third kappa shape index (κ3) is 2.05. The molecule has 1 fully saturated rings. The average Bonchev–Trinajstić information content (AvgIpc) is 2.33. The molecule has 0 spiro atoms. The molecule has 0 aromatic carbocycles. The van der Waals surface area contributed by atoms with Crippen molar-refractivity contribution in [2.45, 2.75) is 19.4 Å². The minimum atomic E-state index is 0.306. The zero-order valence-corrected chi connectivity index (χ0v) is 9.94. The fraction of sp³-hybridized carbons (Fsp3) is 0.600. The van der Waals surface area contributed by atoms with Gasteiger partial charge in [0.2, 0.25) is 0 Å². The number of rotatable bonds is 2. The number of nitrogen functional groups attached to an aromatic ring is 1. The number of aromatic nitrogens is 2. The van der Waals surface area contributed by atoms with Crippen molar-refractivity contribution >= 4 is 23.2 Å². The number of hydrogen-bond donors (Lipinski definition) is 1. The summed E-state index contributed by atoms with van der Waals surface area (Å²) in [7, 11) is 0. The molecule has 1 saturated heterocycles. The molecule has 0 saturated carbocycles. The van der Waals surface area contributed by atoms with Gasteiger partial charge in [0, 0.05) is 6.54 Å². The molecule has 0 amide bonds. The van der Waals surface area contributed by atoms with Crippen LogP contribution in [0.4, 0.5) is 11.6 Å². The Kier molecular flexibility index (Phi) is 3.46. The van der Waals surface area contributed by atoms with Gasteiger partial charge in [-0.15, -0.1) is 0 Å². The van der Waals surface area contributed by atoms with E-state index < -0.39 is 0 Å². The van der Waals surface area contributed by atoms with Gasteiger partial charge in [0.15, 0.2) is 5.82 Å². The molecule has 2 N–H and O–H groups in total. The van der Waals surface area contributed by atoms with Gasteiger partial charge in [0.25, 0.3) is 0 Å². The highest BCUT2D eigenvalue weighted by atomic mass is 35.5. The van der Waals surface area contributed by atoms with E-state index in [-0.39, 0.29) is 0 Å². The lowest BCUT2D eigenvalue weighted by Gasteiger charge is -2.36. The van der Waals surface area contributed by atoms with E-state index in [1.54, 1.807) is 0 Å². The van der Waals surface area contributed by atoms with E-state index in [9.17, 15) is 0 Å². The monoisotopic (exact) mass is 242 g/mol. The first kappa shape index (κ1) is 11.4. The van der Waals surface area contributed by atoms with Crippen LogP contribution in [0.2, 0.25) is 5.02 Å². The fourth-order valence-corrected chi connectivity index (χ4v) is 2.05. The molecular formula is C10H15ClN4O. The van der Waals surface area contributed by atoms with E-state index in [4.69, 9.17) is 22.1 Å². The number of nitrogens with two attached hydrogens (primary N) is 1. The number of hydrogen-bond acceptors (Lipinski definition) is 5. The van der Waals surface area contributed by atoms with Crippen molar-refractivity contribution in [2.75, 3.05) is 30.4 Å². The summed E-state index contributed by atoms with van der Waals surface area (Å²) in [6.45, 7) is 4.30. The number of morpholine rings is 1. The summed E-state index contributed by atoms with van der Waals surface area (Å²) >= 11 is 6.12. The highest BCUT2D eigenvalue weighted by Crippen LogP contribution is 2.29. The molecule has 1 aliphatic heterocycles. The largest absolute Gasteiger partial charge is 0.382 e. The molecule has 88 valence electrons. The molecule has 0 aliphatic carbocycles. The van der Waals surface area contributed by atoms with Gasteiger partial charge in [-0.25, -0.2) is 9.97 Å². The quantitative estimate of drug-likeness (QED) is 0.848. The second kappa shape index (κ2) is 4.84. The predicted octanol–water partition coefficient (Wildman–Crippen LogP) is 1.33. The van der Waals surface area contributed by atoms with E-state index in [0.717, 1.165) is 13.0 Å². The van der Waals surface area contributed by atoms with E-state index >= 15 is 0 Å². The van der Waals surface area contributed by atoms with Crippen molar-refractivity contribution in [3.63, 3.8) is 0 Å². The Balaban J connectivity index is 2.30. The highest BCUT2D eigenvalue weighted by Gasteiger charge is 2.25. The van der Waals surface area contributed by atoms with Gasteiger partial charge in [0.1, 0.15) is 17.2 Å². The standard InChI is InChI=1S/C10H15ClN4O/c1-2-7-5-16-4-3-15(7)10-8(11)9(12)13-6-14-10/h6-7H,2-5H2,1H3,(H2,12,13,14). The Morgan fingerprint density at radius 2 is 2.44 bits per heavy atom. The fourth-order valence-electron chi connectivity index (χ4n) is 1.85. The predicted molar refractivity (Wildman–Crippen MR) is 63.7 cm³/mol. The van der Waals surface area contributed by atoms with E-state index in [0.29, 0.717) is 35.9 Å². The van der Waals surface area contributed by atoms with E-state index in [1.165, 1.54) is 6.33 Å². The van der Waals surface area contributed by atoms with Crippen LogP contribution >= 0.6 is 11.6 Å². The van der Waals surface area contributed by atoms with Gasteiger partial charge in [-0.05, 0) is 6.42 Å². The maximum atomic E-state index is 6.12. The van der Waals surface area contributed by atoms with Gasteiger partial charge >= 0.3 is 0 Å². The molecule has 1 aromatic heterocycles. The van der Waals surface area contributed by atoms with Crippen molar-refractivity contribution in [3.05, 3.63) is 11.3 Å². The third-order valence-corrected chi connectivity index (χ3v) is 3.13. The van der Waals surface area contributed by atoms with Crippen LogP contribution in [0, 0.1) is 0 Å². The second-order valence-electron chi connectivity index (χ2n) is 3.73. The Bertz CT molecular complexity index is 374. The second-order valence-corrected chi connectivity index (χ2v) is 4.10. The molecule has 2 rings (SSSR count). The maximum Gasteiger partial charge on any atom is 0.153 e. The molecule has 1 atom stereocenters. The normalized spacial score (nSPS) is 21.1. The first-order chi connectivity index (χ1) is 7.74. The smallest absolute Gasteiger partial charge is 0.153 e. The lowest BCUT2D eigenvalue weighted by molar-refractivity contribution is 0.0926. The Labute approximate surface area is 99.6 Å². The van der Waals surface area contributed by atoms with Crippen molar-refractivity contribution in [1.29, 1.82) is 0 Å². The zero-order chi connectivity index (χ0) is 11.5. The molecule has 6 heteroatoms. The molecule has 2 heterocycles. The van der Waals surface area contributed by atoms with Crippen LogP contribution in [-0.4, -0.2) is 35.8 Å². The minimum Gasteiger partial charge on any atom is -0.382 e. The topological polar surface area (TPSA) is 64.3 Å². The van der Waals surface area contributed by atoms with Crippen LogP contribution in [0.25, 0.3) is 0 Å². The van der Waals surface area contributed by atoms with Crippen molar-refractivity contribution in [1.82, 2.24) is 9.97 Å². The van der Waals surface area contributed by atoms with Crippen molar-refractivity contribution in [3.8, 4) is 0 Å². The summed E-state index contributed by atoms with van der Waals surface area (Å²) in [5.41, 5.74) is 5.67. The SMILES string of the molecule is CCC1COCCN1c1ncnc(N)c1Cl. The first-order valence-electron chi connectivity index (χ1n) is 5.34. The number of ether oxygens (including phenoxy) is 1. The van der Waals surface area contributed by atoms with Crippen LogP contribution in [0.5, 0.6) is 0 Å². The third-order valence-electron chi connectivity index (χ3n) is 2.77. The van der Waals surface area contributed by atoms with E-state index in [1.807, 2.05) is 0 Å². The van der Waals surface area contributed by atoms with Gasteiger partial charge in [-0.1, -0.05) is 18.5 Å². The lowest BCUT2D eigenvalue weighted by Crippen LogP contribution is -2.45. The zero-order valence-electron chi connectivity index (χ0n) is 9.19. The van der Waals surface area contributed by atoms with Gasteiger partial charge in [0.05, 0.1) is 19.3 Å². The van der Waals surface area contributed by atoms with Gasteiger partial charge in [-0.3, -0.25) is 0 Å². The number of nitrogens with zero attached hydrogens (tertiary/aromatic N) is 3. The van der Waals surface area contributed by atoms with Crippen LogP contribution < -0.4 is 10.6 Å². The van der Waals surface area contributed by atoms with Crippen molar-refractivity contribution < 1.29 is 4.74 Å². The van der Waals surface area contributed by atoms with Gasteiger partial charge in [-0.2, -0.15) is 0 Å². The highest BCUT2D eigenvalue weighted by molar-refractivity contribution is 6.35. The maximum absolute atomic E-state index is 6.12. The summed E-state index contributed by atoms with van der Waals surface area (Å²) in [4.78, 5) is 10.2. The Hall–Kier alpha value is -1.07. The number of halogens is 1. The molecule has 16 heavy (non-hydrogen) atoms. The van der Waals surface area contributed by atoms with Crippen LogP contribution in [0.15, 0.2) is 6.33 Å². The summed E-state index contributed by atoms with van der Waals surface area (Å²) in [6, 6.07) is 0.306. The van der Waals surface area contributed by atoms with Crippen LogP contribution in [0.1, 0.15) is 13.3 Å². The average molecular weight is 243 g/mol. The molecule has 0 radical (unpaired) electrons. The van der Waals surface area contributed by atoms with E-state index in [2.05, 4.69) is 21.8 Å². The lowest BCUT2D eigenvalue weighted by atomic mass is 10.2. The van der Waals surface area contributed by atoms with Crippen LogP contribution in [-0.2, 0) is 4.74 Å². The Morgan fingerprint density at radius 1 is 1.62 bits per heavy atom.